The first-order valence-corrected chi connectivity index (χ1v) is 6.23. The zero-order chi connectivity index (χ0) is 11.3. The molecule has 1 aromatic rings. The van der Waals surface area contributed by atoms with E-state index < -0.39 is 5.54 Å². The molecule has 7 heteroatoms. The van der Waals surface area contributed by atoms with Crippen LogP contribution in [0, 0.1) is 0 Å². The van der Waals surface area contributed by atoms with E-state index >= 15 is 0 Å². The minimum Gasteiger partial charge on any atom is -0.343 e. The van der Waals surface area contributed by atoms with E-state index in [2.05, 4.69) is 14.9 Å². The molecule has 15 heavy (non-hydrogen) atoms. The Morgan fingerprint density at radius 2 is 2.27 bits per heavy atom. The van der Waals surface area contributed by atoms with Gasteiger partial charge in [-0.05, 0) is 18.0 Å². The Hall–Kier alpha value is -0.390. The first kappa shape index (κ1) is 12.7. The van der Waals surface area contributed by atoms with Crippen molar-refractivity contribution < 1.29 is 4.79 Å². The Labute approximate surface area is 102 Å². The number of nitrogens with zero attached hydrogens (tertiary/aromatic N) is 2. The third kappa shape index (κ3) is 3.03. The standard InChI is InChI=1S/C8H11Cl2N3OS/c1-2-8(4-9,5-10)12-7(14)6-3-11-13-15-6/h3H,2,4-5H2,1H3,(H,12,14). The van der Waals surface area contributed by atoms with Gasteiger partial charge in [-0.3, -0.25) is 4.79 Å². The van der Waals surface area contributed by atoms with E-state index in [1.807, 2.05) is 6.92 Å². The highest BCUT2D eigenvalue weighted by Gasteiger charge is 2.29. The van der Waals surface area contributed by atoms with Gasteiger partial charge in [0.1, 0.15) is 4.88 Å². The summed E-state index contributed by atoms with van der Waals surface area (Å²) in [4.78, 5) is 12.2. The molecule has 0 unspecified atom stereocenters. The number of carbonyl (C=O) groups is 1. The van der Waals surface area contributed by atoms with Crippen LogP contribution in [-0.4, -0.2) is 32.8 Å². The number of carbonyl (C=O) groups excluding carboxylic acids is 1. The van der Waals surface area contributed by atoms with Crippen LogP contribution in [0.3, 0.4) is 0 Å². The van der Waals surface area contributed by atoms with Crippen LogP contribution in [0.25, 0.3) is 0 Å². The molecule has 0 radical (unpaired) electrons. The molecule has 0 fully saturated rings. The van der Waals surface area contributed by atoms with Gasteiger partial charge in [-0.2, -0.15) is 0 Å². The molecule has 1 N–H and O–H groups in total. The van der Waals surface area contributed by atoms with Gasteiger partial charge in [-0.15, -0.1) is 28.3 Å². The second kappa shape index (κ2) is 5.63. The van der Waals surface area contributed by atoms with Crippen molar-refractivity contribution in [2.75, 3.05) is 11.8 Å². The Morgan fingerprint density at radius 1 is 1.60 bits per heavy atom. The molecule has 0 spiro atoms. The average molecular weight is 268 g/mol. The zero-order valence-corrected chi connectivity index (χ0v) is 10.5. The number of alkyl halides is 2. The maximum Gasteiger partial charge on any atom is 0.265 e. The largest absolute Gasteiger partial charge is 0.343 e. The fraction of sp³-hybridized carbons (Fsp3) is 0.625. The molecule has 1 amide bonds. The van der Waals surface area contributed by atoms with Crippen molar-refractivity contribution in [2.45, 2.75) is 18.9 Å². The monoisotopic (exact) mass is 267 g/mol. The van der Waals surface area contributed by atoms with E-state index in [0.717, 1.165) is 11.5 Å². The Balaban J connectivity index is 2.71. The van der Waals surface area contributed by atoms with Crippen molar-refractivity contribution in [3.8, 4) is 0 Å². The van der Waals surface area contributed by atoms with E-state index in [1.54, 1.807) is 0 Å². The van der Waals surface area contributed by atoms with Gasteiger partial charge in [-0.1, -0.05) is 11.4 Å². The fourth-order valence-electron chi connectivity index (χ4n) is 0.950. The van der Waals surface area contributed by atoms with Gasteiger partial charge < -0.3 is 5.32 Å². The number of aromatic nitrogens is 2. The Bertz CT molecular complexity index is 305. The molecule has 0 aromatic carbocycles. The average Bonchev–Trinajstić information content (AvgIpc) is 2.79. The molecular weight excluding hydrogens is 257 g/mol. The van der Waals surface area contributed by atoms with Crippen molar-refractivity contribution in [2.24, 2.45) is 0 Å². The molecule has 4 nitrogen and oxygen atoms in total. The lowest BCUT2D eigenvalue weighted by molar-refractivity contribution is 0.0917. The van der Waals surface area contributed by atoms with Gasteiger partial charge >= 0.3 is 0 Å². The van der Waals surface area contributed by atoms with Gasteiger partial charge in [0.05, 0.1) is 11.7 Å². The number of rotatable bonds is 5. The van der Waals surface area contributed by atoms with Crippen LogP contribution in [0.5, 0.6) is 0 Å². The number of hydrogen-bond donors (Lipinski definition) is 1. The molecule has 84 valence electrons. The lowest BCUT2D eigenvalue weighted by atomic mass is 10.0. The lowest BCUT2D eigenvalue weighted by Crippen LogP contribution is -2.51. The van der Waals surface area contributed by atoms with Crippen LogP contribution < -0.4 is 5.32 Å². The lowest BCUT2D eigenvalue weighted by Gasteiger charge is -2.28. The third-order valence-electron chi connectivity index (χ3n) is 2.15. The summed E-state index contributed by atoms with van der Waals surface area (Å²) in [6.07, 6.45) is 2.10. The van der Waals surface area contributed by atoms with E-state index in [4.69, 9.17) is 23.2 Å². The van der Waals surface area contributed by atoms with Crippen molar-refractivity contribution in [1.29, 1.82) is 0 Å². The van der Waals surface area contributed by atoms with Gasteiger partial charge in [0.2, 0.25) is 0 Å². The summed E-state index contributed by atoms with van der Waals surface area (Å²) in [5.74, 6) is 0.337. The van der Waals surface area contributed by atoms with Crippen molar-refractivity contribution >= 4 is 40.6 Å². The molecule has 0 aliphatic carbocycles. The molecule has 0 saturated carbocycles. The van der Waals surface area contributed by atoms with Gasteiger partial charge in [0.25, 0.3) is 5.91 Å². The van der Waals surface area contributed by atoms with Gasteiger partial charge in [0, 0.05) is 11.8 Å². The molecule has 0 saturated heterocycles. The number of hydrogen-bond acceptors (Lipinski definition) is 4. The van der Waals surface area contributed by atoms with Crippen LogP contribution >= 0.6 is 34.7 Å². The summed E-state index contributed by atoms with van der Waals surface area (Å²) in [5.41, 5.74) is -0.551. The predicted octanol–water partition coefficient (Wildman–Crippen LogP) is 1.89. The minimum absolute atomic E-state index is 0.229. The Morgan fingerprint density at radius 3 is 2.67 bits per heavy atom. The van der Waals surface area contributed by atoms with Crippen molar-refractivity contribution in [3.63, 3.8) is 0 Å². The van der Waals surface area contributed by atoms with E-state index in [0.29, 0.717) is 11.3 Å². The van der Waals surface area contributed by atoms with Gasteiger partial charge in [-0.25, -0.2) is 0 Å². The predicted molar refractivity (Wildman–Crippen MR) is 61.8 cm³/mol. The second-order valence-electron chi connectivity index (χ2n) is 3.14. The SMILES string of the molecule is CCC(CCl)(CCl)NC(=O)c1cnns1. The Kier molecular flexibility index (Phi) is 4.76. The number of amides is 1. The molecule has 0 aliphatic rings. The minimum atomic E-state index is -0.551. The van der Waals surface area contributed by atoms with E-state index in [-0.39, 0.29) is 17.7 Å². The second-order valence-corrected chi connectivity index (χ2v) is 4.46. The van der Waals surface area contributed by atoms with Gasteiger partial charge in [0.15, 0.2) is 0 Å². The van der Waals surface area contributed by atoms with Crippen LogP contribution in [0.1, 0.15) is 23.0 Å². The molecule has 1 rings (SSSR count). The summed E-state index contributed by atoms with van der Waals surface area (Å²) >= 11 is 12.6. The number of halogens is 2. The highest BCUT2D eigenvalue weighted by atomic mass is 35.5. The molecule has 1 heterocycles. The molecule has 1 aromatic heterocycles. The van der Waals surface area contributed by atoms with Crippen LogP contribution in [-0.2, 0) is 0 Å². The topological polar surface area (TPSA) is 54.9 Å². The van der Waals surface area contributed by atoms with Crippen molar-refractivity contribution in [3.05, 3.63) is 11.1 Å². The summed E-state index contributed by atoms with van der Waals surface area (Å²) in [5, 5.41) is 6.40. The normalized spacial score (nSPS) is 11.4. The van der Waals surface area contributed by atoms with E-state index in [1.165, 1.54) is 6.20 Å². The smallest absolute Gasteiger partial charge is 0.265 e. The molecular formula is C8H11Cl2N3OS. The van der Waals surface area contributed by atoms with Crippen LogP contribution in [0.2, 0.25) is 0 Å². The third-order valence-corrected chi connectivity index (χ3v) is 3.84. The summed E-state index contributed by atoms with van der Waals surface area (Å²) in [6, 6.07) is 0. The first-order valence-electron chi connectivity index (χ1n) is 4.39. The molecule has 0 atom stereocenters. The zero-order valence-electron chi connectivity index (χ0n) is 8.17. The van der Waals surface area contributed by atoms with Crippen LogP contribution in [0.15, 0.2) is 6.20 Å². The highest BCUT2D eigenvalue weighted by Crippen LogP contribution is 2.16. The summed E-state index contributed by atoms with van der Waals surface area (Å²) in [7, 11) is 0. The number of nitrogens with one attached hydrogen (secondary N) is 1. The summed E-state index contributed by atoms with van der Waals surface area (Å²) < 4.78 is 3.62. The molecule has 0 bridgehead atoms. The highest BCUT2D eigenvalue weighted by molar-refractivity contribution is 7.07. The van der Waals surface area contributed by atoms with Crippen LogP contribution in [0.4, 0.5) is 0 Å². The fourth-order valence-corrected chi connectivity index (χ4v) is 2.16. The maximum absolute atomic E-state index is 11.7. The summed E-state index contributed by atoms with van der Waals surface area (Å²) in [6.45, 7) is 1.93. The first-order chi connectivity index (χ1) is 7.17. The van der Waals surface area contributed by atoms with E-state index in [9.17, 15) is 4.79 Å². The van der Waals surface area contributed by atoms with Crippen molar-refractivity contribution in [1.82, 2.24) is 14.9 Å². The molecule has 0 aliphatic heterocycles. The maximum atomic E-state index is 11.7. The quantitative estimate of drug-likeness (QED) is 0.830.